The van der Waals surface area contributed by atoms with Gasteiger partial charge in [-0.15, -0.1) is 11.3 Å². The van der Waals surface area contributed by atoms with Gasteiger partial charge in [-0.2, -0.15) is 13.2 Å². The Balaban J connectivity index is 1.93. The number of carbonyl (C=O) groups excluding carboxylic acids is 1. The van der Waals surface area contributed by atoms with Gasteiger partial charge in [0, 0.05) is 24.2 Å². The summed E-state index contributed by atoms with van der Waals surface area (Å²) >= 11 is 1.12. The topological polar surface area (TPSA) is 102 Å². The second-order valence-corrected chi connectivity index (χ2v) is 10.4. The zero-order valence-corrected chi connectivity index (χ0v) is 19.3. The molecule has 2 aromatic rings. The van der Waals surface area contributed by atoms with E-state index in [-0.39, 0.29) is 23.1 Å². The molecule has 0 spiro atoms. The molecule has 7 nitrogen and oxygen atoms in total. The van der Waals surface area contributed by atoms with Gasteiger partial charge in [-0.25, -0.2) is 8.42 Å². The summed E-state index contributed by atoms with van der Waals surface area (Å²) in [6, 6.07) is 9.45. The Morgan fingerprint density at radius 2 is 1.94 bits per heavy atom. The fraction of sp³-hybridized carbons (Fsp3) is 0.333. The molecule has 1 fully saturated rings. The molecule has 0 bridgehead atoms. The van der Waals surface area contributed by atoms with Crippen LogP contribution in [0.1, 0.15) is 4.88 Å². The van der Waals surface area contributed by atoms with E-state index in [1.807, 2.05) is 0 Å². The smallest absolute Gasteiger partial charge is 0.395 e. The molecule has 2 heterocycles. The first-order valence-corrected chi connectivity index (χ1v) is 12.5. The first-order valence-electron chi connectivity index (χ1n) is 9.80. The lowest BCUT2D eigenvalue weighted by molar-refractivity contribution is -0.133. The maximum atomic E-state index is 13.1. The fourth-order valence-corrected chi connectivity index (χ4v) is 4.65. The lowest BCUT2D eigenvalue weighted by Gasteiger charge is -2.26. The van der Waals surface area contributed by atoms with E-state index in [9.17, 15) is 26.4 Å². The van der Waals surface area contributed by atoms with E-state index in [1.165, 1.54) is 17.0 Å². The Kier molecular flexibility index (Phi) is 7.60. The average Bonchev–Trinajstić information content (AvgIpc) is 3.26. The third-order valence-electron chi connectivity index (χ3n) is 4.77. The van der Waals surface area contributed by atoms with Gasteiger partial charge in [-0.1, -0.05) is 12.1 Å². The van der Waals surface area contributed by atoms with Crippen molar-refractivity contribution in [1.82, 2.24) is 4.90 Å². The highest BCUT2D eigenvalue weighted by molar-refractivity contribution is 7.90. The number of morpholine rings is 1. The zero-order chi connectivity index (χ0) is 24.2. The molecule has 1 aromatic heterocycles. The molecule has 0 saturated carbocycles. The molecule has 0 atom stereocenters. The van der Waals surface area contributed by atoms with E-state index in [4.69, 9.17) is 10.5 Å². The minimum Gasteiger partial charge on any atom is -0.395 e. The number of hydrogen-bond acceptors (Lipinski definition) is 7. The first kappa shape index (κ1) is 24.9. The molecule has 1 aliphatic heterocycles. The van der Waals surface area contributed by atoms with Crippen molar-refractivity contribution in [3.05, 3.63) is 53.0 Å². The lowest BCUT2D eigenvalue weighted by Crippen LogP contribution is -2.41. The summed E-state index contributed by atoms with van der Waals surface area (Å²) in [5.41, 5.74) is 4.37. The second kappa shape index (κ2) is 10.1. The monoisotopic (exact) mass is 501 g/mol. The number of carbonyl (C=O) groups is 1. The number of benzene rings is 1. The number of alkyl halides is 3. The fourth-order valence-electron chi connectivity index (χ4n) is 3.00. The van der Waals surface area contributed by atoms with Crippen LogP contribution in [0.25, 0.3) is 10.4 Å². The van der Waals surface area contributed by atoms with E-state index in [1.54, 1.807) is 24.3 Å². The quantitative estimate of drug-likeness (QED) is 0.614. The van der Waals surface area contributed by atoms with Crippen LogP contribution in [0, 0.1) is 0 Å². The van der Waals surface area contributed by atoms with Crippen LogP contribution in [-0.2, 0) is 19.4 Å². The highest BCUT2D eigenvalue weighted by atomic mass is 32.2. The molecular weight excluding hydrogens is 479 g/mol. The first-order chi connectivity index (χ1) is 15.4. The molecule has 1 aliphatic rings. The van der Waals surface area contributed by atoms with Crippen LogP contribution in [0.15, 0.2) is 58.1 Å². The van der Waals surface area contributed by atoms with Crippen molar-refractivity contribution in [1.29, 1.82) is 0 Å². The minimum atomic E-state index is -4.75. The highest BCUT2D eigenvalue weighted by Crippen LogP contribution is 2.31. The summed E-state index contributed by atoms with van der Waals surface area (Å²) in [5, 5.41) is 0. The summed E-state index contributed by atoms with van der Waals surface area (Å²) in [6.07, 6.45) is -2.96. The van der Waals surface area contributed by atoms with Gasteiger partial charge in [-0.05, 0) is 35.9 Å². The van der Waals surface area contributed by atoms with Gasteiger partial charge in [0.1, 0.15) is 12.2 Å². The SMILES string of the molecule is CS(=O)(=O)c1cccc(-c2ccc(C(C=C(N)C(F)(F)F)=NCC(=O)N3CCOCC3)s2)c1. The third kappa shape index (κ3) is 6.65. The molecule has 2 N–H and O–H groups in total. The maximum Gasteiger partial charge on any atom is 0.430 e. The number of amides is 1. The predicted octanol–water partition coefficient (Wildman–Crippen LogP) is 2.87. The molecule has 0 unspecified atom stereocenters. The molecule has 0 aliphatic carbocycles. The number of halogens is 3. The predicted molar refractivity (Wildman–Crippen MR) is 120 cm³/mol. The summed E-state index contributed by atoms with van der Waals surface area (Å²) in [5.74, 6) is -0.326. The molecule has 12 heteroatoms. The number of thiophene rings is 1. The van der Waals surface area contributed by atoms with Crippen LogP contribution in [0.2, 0.25) is 0 Å². The lowest BCUT2D eigenvalue weighted by atomic mass is 10.2. The van der Waals surface area contributed by atoms with Crippen LogP contribution in [0.5, 0.6) is 0 Å². The zero-order valence-electron chi connectivity index (χ0n) is 17.6. The number of sulfone groups is 1. The molecule has 0 radical (unpaired) electrons. The van der Waals surface area contributed by atoms with Gasteiger partial charge in [0.05, 0.1) is 28.7 Å². The number of nitrogens with two attached hydrogens (primary N) is 1. The number of ether oxygens (including phenoxy) is 1. The highest BCUT2D eigenvalue weighted by Gasteiger charge is 2.32. The van der Waals surface area contributed by atoms with Crippen LogP contribution < -0.4 is 5.73 Å². The van der Waals surface area contributed by atoms with Crippen LogP contribution in [-0.4, -0.2) is 70.2 Å². The van der Waals surface area contributed by atoms with Gasteiger partial charge in [0.15, 0.2) is 9.84 Å². The molecule has 33 heavy (non-hydrogen) atoms. The van der Waals surface area contributed by atoms with Crippen molar-refractivity contribution < 1.29 is 31.1 Å². The van der Waals surface area contributed by atoms with Crippen molar-refractivity contribution in [2.45, 2.75) is 11.1 Å². The van der Waals surface area contributed by atoms with Crippen LogP contribution >= 0.6 is 11.3 Å². The van der Waals surface area contributed by atoms with Crippen LogP contribution in [0.4, 0.5) is 13.2 Å². The number of rotatable bonds is 6. The largest absolute Gasteiger partial charge is 0.430 e. The molecule has 178 valence electrons. The average molecular weight is 502 g/mol. The standard InChI is InChI=1S/C21H22F3N3O4S2/c1-33(29,30)15-4-2-3-14(11-15)17-5-6-18(32-17)16(12-19(25)21(22,23)24)26-13-20(28)27-7-9-31-10-8-27/h2-6,11-12H,7-10,13,25H2,1H3. The summed E-state index contributed by atoms with van der Waals surface area (Å²) in [6.45, 7) is 1.23. The molecular formula is C21H22F3N3O4S2. The van der Waals surface area contributed by atoms with E-state index in [0.29, 0.717) is 47.7 Å². The van der Waals surface area contributed by atoms with Gasteiger partial charge in [0.2, 0.25) is 5.91 Å². The van der Waals surface area contributed by atoms with Crippen molar-refractivity contribution in [3.8, 4) is 10.4 Å². The molecule has 1 amide bonds. The van der Waals surface area contributed by atoms with Gasteiger partial charge in [0.25, 0.3) is 0 Å². The summed E-state index contributed by atoms with van der Waals surface area (Å²) in [4.78, 5) is 19.2. The van der Waals surface area contributed by atoms with E-state index in [0.717, 1.165) is 17.6 Å². The Hall–Kier alpha value is -2.70. The Bertz CT molecular complexity index is 1180. The van der Waals surface area contributed by atoms with Crippen molar-refractivity contribution in [2.24, 2.45) is 10.7 Å². The number of allylic oxidation sites excluding steroid dienone is 2. The minimum absolute atomic E-state index is 0.0815. The van der Waals surface area contributed by atoms with Crippen molar-refractivity contribution in [3.63, 3.8) is 0 Å². The maximum absolute atomic E-state index is 13.1. The number of aliphatic imine (C=N–C) groups is 1. The Morgan fingerprint density at radius 1 is 1.24 bits per heavy atom. The van der Waals surface area contributed by atoms with Gasteiger partial charge in [-0.3, -0.25) is 9.79 Å². The van der Waals surface area contributed by atoms with E-state index >= 15 is 0 Å². The molecule has 1 aromatic carbocycles. The van der Waals surface area contributed by atoms with Crippen molar-refractivity contribution in [2.75, 3.05) is 39.1 Å². The van der Waals surface area contributed by atoms with Crippen molar-refractivity contribution >= 4 is 32.8 Å². The number of nitrogens with zero attached hydrogens (tertiary/aromatic N) is 2. The van der Waals surface area contributed by atoms with Gasteiger partial charge < -0.3 is 15.4 Å². The normalized spacial score (nSPS) is 16.2. The third-order valence-corrected chi connectivity index (χ3v) is 7.04. The second-order valence-electron chi connectivity index (χ2n) is 7.26. The van der Waals surface area contributed by atoms with E-state index < -0.39 is 21.7 Å². The van der Waals surface area contributed by atoms with E-state index in [2.05, 4.69) is 4.99 Å². The Morgan fingerprint density at radius 3 is 2.58 bits per heavy atom. The molecule has 1 saturated heterocycles. The summed E-state index contributed by atoms with van der Waals surface area (Å²) < 4.78 is 68.0. The van der Waals surface area contributed by atoms with Gasteiger partial charge >= 0.3 is 6.18 Å². The Labute approximate surface area is 193 Å². The van der Waals surface area contributed by atoms with Crippen LogP contribution in [0.3, 0.4) is 0 Å². The number of hydrogen-bond donors (Lipinski definition) is 1. The molecule has 3 rings (SSSR count). The summed E-state index contributed by atoms with van der Waals surface area (Å²) in [7, 11) is -3.43.